The lowest BCUT2D eigenvalue weighted by Crippen LogP contribution is -2.36. The van der Waals surface area contributed by atoms with Gasteiger partial charge in [-0.25, -0.2) is 4.68 Å². The van der Waals surface area contributed by atoms with Crippen LogP contribution in [0.5, 0.6) is 0 Å². The molecule has 0 unspecified atom stereocenters. The average Bonchev–Trinajstić information content (AvgIpc) is 2.86. The second-order valence-electron chi connectivity index (χ2n) is 6.59. The van der Waals surface area contributed by atoms with E-state index in [0.717, 1.165) is 31.2 Å². The smallest absolute Gasteiger partial charge is 0.275 e. The first kappa shape index (κ1) is 18.1. The number of hydrogen-bond donors (Lipinski definition) is 1. The minimum absolute atomic E-state index is 0.105. The van der Waals surface area contributed by atoms with Gasteiger partial charge in [-0.3, -0.25) is 14.4 Å². The molecule has 0 radical (unpaired) electrons. The van der Waals surface area contributed by atoms with Crippen LogP contribution in [0.4, 0.5) is 0 Å². The van der Waals surface area contributed by atoms with Gasteiger partial charge < -0.3 is 10.2 Å². The predicted molar refractivity (Wildman–Crippen MR) is 98.7 cm³/mol. The van der Waals surface area contributed by atoms with E-state index in [0.29, 0.717) is 31.3 Å². The van der Waals surface area contributed by atoms with E-state index in [1.807, 2.05) is 17.0 Å². The second kappa shape index (κ2) is 8.60. The molecule has 1 saturated heterocycles. The number of benzene rings is 1. The highest BCUT2D eigenvalue weighted by atomic mass is 16.2. The molecule has 3 rings (SSSR count). The molecule has 0 atom stereocenters. The van der Waals surface area contributed by atoms with Crippen LogP contribution in [0.15, 0.2) is 35.3 Å². The van der Waals surface area contributed by atoms with Crippen molar-refractivity contribution in [2.45, 2.75) is 38.6 Å². The first-order valence-corrected chi connectivity index (χ1v) is 9.14. The van der Waals surface area contributed by atoms with Crippen LogP contribution in [0.1, 0.15) is 32.1 Å². The largest absolute Gasteiger partial charge is 0.354 e. The summed E-state index contributed by atoms with van der Waals surface area (Å²) in [5, 5.41) is 8.17. The summed E-state index contributed by atoms with van der Waals surface area (Å²) in [4.78, 5) is 38.2. The molecule has 26 heavy (non-hydrogen) atoms. The number of nitrogens with one attached hydrogen (secondary N) is 1. The number of carbonyl (C=O) groups is 2. The van der Waals surface area contributed by atoms with Gasteiger partial charge in [0.1, 0.15) is 6.54 Å². The van der Waals surface area contributed by atoms with Crippen LogP contribution in [0.2, 0.25) is 0 Å². The molecule has 1 aromatic heterocycles. The third-order valence-electron chi connectivity index (χ3n) is 4.65. The van der Waals surface area contributed by atoms with Crippen molar-refractivity contribution in [2.24, 2.45) is 0 Å². The molecule has 1 aliphatic rings. The molecule has 1 aliphatic heterocycles. The van der Waals surface area contributed by atoms with E-state index < -0.39 is 0 Å². The molecule has 1 N–H and O–H groups in total. The van der Waals surface area contributed by atoms with Crippen molar-refractivity contribution in [3.05, 3.63) is 40.8 Å². The number of aromatic nitrogens is 2. The van der Waals surface area contributed by atoms with Crippen LogP contribution >= 0.6 is 0 Å². The molecule has 7 nitrogen and oxygen atoms in total. The molecular formula is C19H24N4O3. The van der Waals surface area contributed by atoms with E-state index >= 15 is 0 Å². The maximum absolute atomic E-state index is 12.3. The van der Waals surface area contributed by atoms with Gasteiger partial charge in [-0.1, -0.05) is 24.6 Å². The maximum atomic E-state index is 12.3. The molecule has 1 aromatic carbocycles. The molecule has 0 aliphatic carbocycles. The third-order valence-corrected chi connectivity index (χ3v) is 4.65. The summed E-state index contributed by atoms with van der Waals surface area (Å²) in [5.74, 6) is -0.0437. The molecule has 2 aromatic rings. The van der Waals surface area contributed by atoms with Gasteiger partial charge in [0.15, 0.2) is 0 Å². The van der Waals surface area contributed by atoms with E-state index in [9.17, 15) is 14.4 Å². The van der Waals surface area contributed by atoms with Crippen LogP contribution in [0.3, 0.4) is 0 Å². The van der Waals surface area contributed by atoms with E-state index in [1.54, 1.807) is 18.3 Å². The number of nitrogens with zero attached hydrogens (tertiary/aromatic N) is 3. The number of hydrogen-bond acceptors (Lipinski definition) is 4. The van der Waals surface area contributed by atoms with Gasteiger partial charge in [0, 0.05) is 31.4 Å². The third kappa shape index (κ3) is 4.47. The Labute approximate surface area is 152 Å². The Morgan fingerprint density at radius 1 is 1.15 bits per heavy atom. The minimum atomic E-state index is -0.270. The summed E-state index contributed by atoms with van der Waals surface area (Å²) in [6.07, 6.45) is 6.05. The molecule has 0 spiro atoms. The van der Waals surface area contributed by atoms with Crippen molar-refractivity contribution >= 4 is 22.6 Å². The highest BCUT2D eigenvalue weighted by Gasteiger charge is 2.15. The van der Waals surface area contributed by atoms with Crippen molar-refractivity contribution in [1.82, 2.24) is 20.0 Å². The lowest BCUT2D eigenvalue weighted by Gasteiger charge is -2.20. The van der Waals surface area contributed by atoms with Crippen molar-refractivity contribution in [2.75, 3.05) is 19.6 Å². The Morgan fingerprint density at radius 2 is 2.00 bits per heavy atom. The summed E-state index contributed by atoms with van der Waals surface area (Å²) in [6, 6.07) is 7.18. The molecule has 7 heteroatoms. The van der Waals surface area contributed by atoms with Gasteiger partial charge in [0.25, 0.3) is 5.56 Å². The van der Waals surface area contributed by atoms with Crippen LogP contribution in [-0.2, 0) is 16.1 Å². The van der Waals surface area contributed by atoms with Crippen LogP contribution in [-0.4, -0.2) is 46.1 Å². The first-order chi connectivity index (χ1) is 12.6. The van der Waals surface area contributed by atoms with E-state index in [2.05, 4.69) is 10.4 Å². The normalized spacial score (nSPS) is 15.1. The number of amides is 2. The molecular weight excluding hydrogens is 332 g/mol. The Kier molecular flexibility index (Phi) is 5.99. The monoisotopic (exact) mass is 356 g/mol. The minimum Gasteiger partial charge on any atom is -0.354 e. The number of rotatable bonds is 6. The molecule has 0 bridgehead atoms. The number of carbonyl (C=O) groups excluding carboxylic acids is 2. The number of likely N-dealkylation sites (tertiary alicyclic amines) is 1. The Balaban J connectivity index is 1.48. The zero-order chi connectivity index (χ0) is 18.4. The van der Waals surface area contributed by atoms with Crippen molar-refractivity contribution < 1.29 is 9.59 Å². The molecule has 2 heterocycles. The fourth-order valence-corrected chi connectivity index (χ4v) is 3.20. The standard InChI is InChI=1S/C19H24N4O3/c24-17(20-10-6-12-22-11-5-1-2-9-18(22)25)14-23-19(26)16-8-4-3-7-15(16)13-21-23/h3-4,7-8,13H,1-2,5-6,9-12,14H2,(H,20,24). The summed E-state index contributed by atoms with van der Waals surface area (Å²) in [5.41, 5.74) is -0.270. The Hall–Kier alpha value is -2.70. The van der Waals surface area contributed by atoms with Gasteiger partial charge in [-0.05, 0) is 25.3 Å². The van der Waals surface area contributed by atoms with Crippen molar-refractivity contribution in [1.29, 1.82) is 0 Å². The summed E-state index contributed by atoms with van der Waals surface area (Å²) < 4.78 is 1.18. The lowest BCUT2D eigenvalue weighted by molar-refractivity contribution is -0.130. The average molecular weight is 356 g/mol. The van der Waals surface area contributed by atoms with Crippen LogP contribution in [0, 0.1) is 0 Å². The predicted octanol–water partition coefficient (Wildman–Crippen LogP) is 1.31. The lowest BCUT2D eigenvalue weighted by atomic mass is 10.2. The Bertz CT molecular complexity index is 846. The molecule has 0 saturated carbocycles. The van der Waals surface area contributed by atoms with Gasteiger partial charge >= 0.3 is 0 Å². The van der Waals surface area contributed by atoms with Crippen LogP contribution < -0.4 is 10.9 Å². The number of fused-ring (bicyclic) bond motifs is 1. The highest BCUT2D eigenvalue weighted by molar-refractivity contribution is 5.81. The molecule has 1 fully saturated rings. The van der Waals surface area contributed by atoms with Gasteiger partial charge in [-0.15, -0.1) is 0 Å². The molecule has 2 amide bonds. The first-order valence-electron chi connectivity index (χ1n) is 9.14. The van der Waals surface area contributed by atoms with Crippen LogP contribution in [0.25, 0.3) is 10.8 Å². The fourth-order valence-electron chi connectivity index (χ4n) is 3.20. The molecule has 138 valence electrons. The summed E-state index contributed by atoms with van der Waals surface area (Å²) >= 11 is 0. The second-order valence-corrected chi connectivity index (χ2v) is 6.59. The Morgan fingerprint density at radius 3 is 2.88 bits per heavy atom. The van der Waals surface area contributed by atoms with Gasteiger partial charge in [0.2, 0.25) is 11.8 Å². The zero-order valence-corrected chi connectivity index (χ0v) is 14.8. The quantitative estimate of drug-likeness (QED) is 0.791. The summed E-state index contributed by atoms with van der Waals surface area (Å²) in [6.45, 7) is 1.84. The van der Waals surface area contributed by atoms with E-state index in [1.165, 1.54) is 4.68 Å². The fraction of sp³-hybridized carbons (Fsp3) is 0.474. The maximum Gasteiger partial charge on any atom is 0.275 e. The highest BCUT2D eigenvalue weighted by Crippen LogP contribution is 2.11. The van der Waals surface area contributed by atoms with Crippen molar-refractivity contribution in [3.63, 3.8) is 0 Å². The van der Waals surface area contributed by atoms with Gasteiger partial charge in [0.05, 0.1) is 11.6 Å². The zero-order valence-electron chi connectivity index (χ0n) is 14.8. The van der Waals surface area contributed by atoms with E-state index in [-0.39, 0.29) is 23.9 Å². The van der Waals surface area contributed by atoms with Crippen molar-refractivity contribution in [3.8, 4) is 0 Å². The van der Waals surface area contributed by atoms with E-state index in [4.69, 9.17) is 0 Å². The topological polar surface area (TPSA) is 84.3 Å². The summed E-state index contributed by atoms with van der Waals surface area (Å²) in [7, 11) is 0. The SMILES string of the molecule is O=C(Cn1ncc2ccccc2c1=O)NCCCN1CCCCCC1=O. The van der Waals surface area contributed by atoms with Gasteiger partial charge in [-0.2, -0.15) is 5.10 Å².